The smallest absolute Gasteiger partial charge is 0.335 e. The van der Waals surface area contributed by atoms with Crippen molar-refractivity contribution in [2.45, 2.75) is 0 Å². The second kappa shape index (κ2) is 6.68. The molecule has 6 nitrogen and oxygen atoms in total. The number of carbonyl (C=O) groups excluding carboxylic acids is 1. The van der Waals surface area contributed by atoms with Gasteiger partial charge in [-0.15, -0.1) is 0 Å². The summed E-state index contributed by atoms with van der Waals surface area (Å²) in [4.78, 5) is 34.2. The Morgan fingerprint density at radius 1 is 0.870 bits per heavy atom. The number of carbonyl (C=O) groups is 3. The first kappa shape index (κ1) is 16.8. The Bertz CT molecular complexity index is 787. The van der Waals surface area contributed by atoms with Gasteiger partial charge in [0.2, 0.25) is 0 Å². The summed E-state index contributed by atoms with van der Waals surface area (Å²) in [5.74, 6) is -3.24. The summed E-state index contributed by atoms with van der Waals surface area (Å²) >= 11 is 11.7. The zero-order valence-corrected chi connectivity index (χ0v) is 12.9. The molecular weight excluding hydrogens is 345 g/mol. The van der Waals surface area contributed by atoms with E-state index in [0.29, 0.717) is 5.02 Å². The van der Waals surface area contributed by atoms with Crippen molar-refractivity contribution in [1.82, 2.24) is 0 Å². The average Bonchev–Trinajstić information content (AvgIpc) is 2.46. The maximum Gasteiger partial charge on any atom is 0.335 e. The molecule has 0 unspecified atom stereocenters. The van der Waals surface area contributed by atoms with E-state index < -0.39 is 17.8 Å². The third-order valence-corrected chi connectivity index (χ3v) is 3.41. The van der Waals surface area contributed by atoms with Crippen LogP contribution < -0.4 is 5.32 Å². The van der Waals surface area contributed by atoms with Gasteiger partial charge in [0, 0.05) is 10.7 Å². The first-order chi connectivity index (χ1) is 10.8. The van der Waals surface area contributed by atoms with Crippen LogP contribution in [0.25, 0.3) is 0 Å². The number of hydrogen-bond donors (Lipinski definition) is 3. The van der Waals surface area contributed by atoms with Gasteiger partial charge >= 0.3 is 11.9 Å². The minimum absolute atomic E-state index is 0.0262. The lowest BCUT2D eigenvalue weighted by Crippen LogP contribution is -2.14. The van der Waals surface area contributed by atoms with E-state index in [4.69, 9.17) is 33.4 Å². The molecule has 0 fully saturated rings. The van der Waals surface area contributed by atoms with E-state index in [0.717, 1.165) is 18.2 Å². The first-order valence-corrected chi connectivity index (χ1v) is 6.91. The number of halogens is 2. The monoisotopic (exact) mass is 353 g/mol. The summed E-state index contributed by atoms with van der Waals surface area (Å²) < 4.78 is 0. The van der Waals surface area contributed by atoms with Crippen LogP contribution in [0.5, 0.6) is 0 Å². The summed E-state index contributed by atoms with van der Waals surface area (Å²) in [6, 6.07) is 7.55. The molecule has 0 spiro atoms. The van der Waals surface area contributed by atoms with Gasteiger partial charge in [-0.2, -0.15) is 0 Å². The maximum absolute atomic E-state index is 12.2. The Kier molecular flexibility index (Phi) is 4.88. The number of aromatic carboxylic acids is 2. The van der Waals surface area contributed by atoms with Crippen LogP contribution in [0.1, 0.15) is 31.1 Å². The lowest BCUT2D eigenvalue weighted by Gasteiger charge is -2.09. The molecule has 118 valence electrons. The molecule has 0 aliphatic carbocycles. The number of nitrogens with one attached hydrogen (secondary N) is 1. The van der Waals surface area contributed by atoms with Crippen molar-refractivity contribution in [2.24, 2.45) is 0 Å². The highest BCUT2D eigenvalue weighted by Crippen LogP contribution is 2.23. The highest BCUT2D eigenvalue weighted by atomic mass is 35.5. The second-order valence-electron chi connectivity index (χ2n) is 4.49. The number of carboxylic acids is 2. The molecule has 23 heavy (non-hydrogen) atoms. The summed E-state index contributed by atoms with van der Waals surface area (Å²) in [7, 11) is 0. The summed E-state index contributed by atoms with van der Waals surface area (Å²) in [5.41, 5.74) is -0.378. The standard InChI is InChI=1S/C15H9Cl2NO5/c16-9-1-2-11(12(17)6-9)13(19)18-10-4-7(14(20)21)3-8(5-10)15(22)23/h1-6H,(H,18,19)(H,20,21)(H,22,23). The Hall–Kier alpha value is -2.57. The van der Waals surface area contributed by atoms with Crippen LogP contribution in [0.3, 0.4) is 0 Å². The Balaban J connectivity index is 2.37. The molecule has 0 aromatic heterocycles. The zero-order valence-electron chi connectivity index (χ0n) is 11.3. The second-order valence-corrected chi connectivity index (χ2v) is 5.33. The fourth-order valence-corrected chi connectivity index (χ4v) is 2.31. The Morgan fingerprint density at radius 2 is 1.43 bits per heavy atom. The van der Waals surface area contributed by atoms with Gasteiger partial charge in [-0.05, 0) is 36.4 Å². The van der Waals surface area contributed by atoms with E-state index in [1.54, 1.807) is 0 Å². The predicted molar refractivity (Wildman–Crippen MR) is 84.8 cm³/mol. The molecule has 0 saturated heterocycles. The van der Waals surface area contributed by atoms with Crippen LogP contribution in [0.15, 0.2) is 36.4 Å². The Labute approximate surface area is 140 Å². The van der Waals surface area contributed by atoms with Crippen molar-refractivity contribution in [3.63, 3.8) is 0 Å². The molecule has 3 N–H and O–H groups in total. The molecular formula is C15H9Cl2NO5. The number of anilines is 1. The van der Waals surface area contributed by atoms with E-state index in [2.05, 4.69) is 5.32 Å². The molecule has 2 aromatic rings. The van der Waals surface area contributed by atoms with Crippen LogP contribution in [0.2, 0.25) is 10.0 Å². The van der Waals surface area contributed by atoms with Gasteiger partial charge in [0.25, 0.3) is 5.91 Å². The summed E-state index contributed by atoms with van der Waals surface area (Å²) in [6.45, 7) is 0. The van der Waals surface area contributed by atoms with Crippen LogP contribution in [-0.2, 0) is 0 Å². The number of rotatable bonds is 4. The largest absolute Gasteiger partial charge is 0.478 e. The van der Waals surface area contributed by atoms with Crippen molar-refractivity contribution in [3.8, 4) is 0 Å². The van der Waals surface area contributed by atoms with Gasteiger partial charge in [-0.25, -0.2) is 9.59 Å². The SMILES string of the molecule is O=C(O)c1cc(NC(=O)c2ccc(Cl)cc2Cl)cc(C(=O)O)c1. The van der Waals surface area contributed by atoms with E-state index in [1.807, 2.05) is 0 Å². The van der Waals surface area contributed by atoms with Crippen LogP contribution in [0, 0.1) is 0 Å². The van der Waals surface area contributed by atoms with Gasteiger partial charge in [0.15, 0.2) is 0 Å². The zero-order chi connectivity index (χ0) is 17.1. The molecule has 0 radical (unpaired) electrons. The third-order valence-electron chi connectivity index (χ3n) is 2.86. The highest BCUT2D eigenvalue weighted by molar-refractivity contribution is 6.37. The molecule has 2 rings (SSSR count). The molecule has 2 aromatic carbocycles. The highest BCUT2D eigenvalue weighted by Gasteiger charge is 2.15. The molecule has 0 bridgehead atoms. The molecule has 1 amide bonds. The van der Waals surface area contributed by atoms with Gasteiger partial charge in [-0.1, -0.05) is 23.2 Å². The van der Waals surface area contributed by atoms with E-state index in [1.165, 1.54) is 18.2 Å². The van der Waals surface area contributed by atoms with E-state index in [9.17, 15) is 14.4 Å². The fourth-order valence-electron chi connectivity index (χ4n) is 1.82. The van der Waals surface area contributed by atoms with Gasteiger partial charge < -0.3 is 15.5 Å². The van der Waals surface area contributed by atoms with Crippen molar-refractivity contribution in [3.05, 3.63) is 63.1 Å². The number of amides is 1. The molecule has 0 saturated carbocycles. The van der Waals surface area contributed by atoms with Crippen LogP contribution in [-0.4, -0.2) is 28.1 Å². The van der Waals surface area contributed by atoms with Crippen molar-refractivity contribution in [2.75, 3.05) is 5.32 Å². The quantitative estimate of drug-likeness (QED) is 0.778. The molecule has 8 heteroatoms. The fraction of sp³-hybridized carbons (Fsp3) is 0. The molecule has 0 atom stereocenters. The molecule has 0 heterocycles. The van der Waals surface area contributed by atoms with Crippen molar-refractivity contribution >= 4 is 46.7 Å². The number of hydrogen-bond acceptors (Lipinski definition) is 3. The number of carboxylic acid groups (broad SMARTS) is 2. The predicted octanol–water partition coefficient (Wildman–Crippen LogP) is 3.64. The van der Waals surface area contributed by atoms with Gasteiger partial charge in [0.05, 0.1) is 21.7 Å². The summed E-state index contributed by atoms with van der Waals surface area (Å²) in [6.07, 6.45) is 0. The van der Waals surface area contributed by atoms with Crippen molar-refractivity contribution in [1.29, 1.82) is 0 Å². The van der Waals surface area contributed by atoms with Crippen molar-refractivity contribution < 1.29 is 24.6 Å². The minimum atomic E-state index is -1.31. The van der Waals surface area contributed by atoms with Crippen LogP contribution >= 0.6 is 23.2 Å². The van der Waals surface area contributed by atoms with Gasteiger partial charge in [0.1, 0.15) is 0 Å². The maximum atomic E-state index is 12.2. The number of benzene rings is 2. The average molecular weight is 354 g/mol. The molecule has 0 aliphatic rings. The lowest BCUT2D eigenvalue weighted by molar-refractivity contribution is 0.0696. The van der Waals surface area contributed by atoms with Crippen LogP contribution in [0.4, 0.5) is 5.69 Å². The van der Waals surface area contributed by atoms with Gasteiger partial charge in [-0.3, -0.25) is 4.79 Å². The van der Waals surface area contributed by atoms with E-state index >= 15 is 0 Å². The topological polar surface area (TPSA) is 104 Å². The lowest BCUT2D eigenvalue weighted by atomic mass is 10.1. The normalized spacial score (nSPS) is 10.2. The first-order valence-electron chi connectivity index (χ1n) is 6.16. The Morgan fingerprint density at radius 3 is 1.91 bits per heavy atom. The summed E-state index contributed by atoms with van der Waals surface area (Å²) in [5, 5.41) is 20.9. The van der Waals surface area contributed by atoms with E-state index in [-0.39, 0.29) is 27.4 Å². The molecule has 0 aliphatic heterocycles. The minimum Gasteiger partial charge on any atom is -0.478 e. The third kappa shape index (κ3) is 4.00.